The third kappa shape index (κ3) is 2.78. The molecular formula is C8H14N2O2S2. The number of hydrogen-bond donors (Lipinski definition) is 1. The lowest BCUT2D eigenvalue weighted by Crippen LogP contribution is -2.30. The molecule has 1 atom stereocenters. The van der Waals surface area contributed by atoms with E-state index in [1.807, 2.05) is 17.5 Å². The molecule has 0 aliphatic heterocycles. The second kappa shape index (κ2) is 4.39. The summed E-state index contributed by atoms with van der Waals surface area (Å²) < 4.78 is 24.2. The van der Waals surface area contributed by atoms with Crippen LogP contribution in [0, 0.1) is 0 Å². The molecule has 0 saturated carbocycles. The molecule has 4 nitrogen and oxygen atoms in total. The number of rotatable bonds is 4. The second-order valence-electron chi connectivity index (χ2n) is 3.18. The van der Waals surface area contributed by atoms with Gasteiger partial charge in [-0.2, -0.15) is 0 Å². The standard InChI is InChI=1S/C8H14N2O2S2/c1-10(2)14(11,12)6-7(9)8-4-3-5-13-8/h3-5,7H,6,9H2,1-2H3. The summed E-state index contributed by atoms with van der Waals surface area (Å²) in [4.78, 5) is 0.899. The first-order valence-electron chi connectivity index (χ1n) is 4.12. The van der Waals surface area contributed by atoms with Crippen molar-refractivity contribution in [2.24, 2.45) is 5.73 Å². The molecule has 2 N–H and O–H groups in total. The molecule has 0 bridgehead atoms. The Morgan fingerprint density at radius 2 is 2.21 bits per heavy atom. The van der Waals surface area contributed by atoms with E-state index in [0.29, 0.717) is 0 Å². The molecule has 0 radical (unpaired) electrons. The minimum Gasteiger partial charge on any atom is -0.322 e. The average molecular weight is 234 g/mol. The van der Waals surface area contributed by atoms with Crippen LogP contribution in [0.15, 0.2) is 17.5 Å². The van der Waals surface area contributed by atoms with Gasteiger partial charge in [0.2, 0.25) is 10.0 Å². The third-order valence-electron chi connectivity index (χ3n) is 1.86. The molecule has 0 aliphatic carbocycles. The van der Waals surface area contributed by atoms with Crippen LogP contribution < -0.4 is 5.73 Å². The molecule has 1 aromatic heterocycles. The summed E-state index contributed by atoms with van der Waals surface area (Å²) in [6.45, 7) is 0. The molecule has 80 valence electrons. The van der Waals surface area contributed by atoms with E-state index < -0.39 is 16.1 Å². The van der Waals surface area contributed by atoms with Gasteiger partial charge in [-0.05, 0) is 11.4 Å². The predicted molar refractivity (Wildman–Crippen MR) is 58.7 cm³/mol. The highest BCUT2D eigenvalue weighted by molar-refractivity contribution is 7.89. The van der Waals surface area contributed by atoms with E-state index >= 15 is 0 Å². The molecule has 6 heteroatoms. The van der Waals surface area contributed by atoms with Crippen molar-refractivity contribution in [2.75, 3.05) is 19.8 Å². The molecule has 0 aromatic carbocycles. The van der Waals surface area contributed by atoms with Crippen LogP contribution in [-0.4, -0.2) is 32.6 Å². The van der Waals surface area contributed by atoms with Gasteiger partial charge < -0.3 is 5.73 Å². The van der Waals surface area contributed by atoms with E-state index in [4.69, 9.17) is 5.73 Å². The number of hydrogen-bond acceptors (Lipinski definition) is 4. The monoisotopic (exact) mass is 234 g/mol. The van der Waals surface area contributed by atoms with E-state index in [1.54, 1.807) is 0 Å². The topological polar surface area (TPSA) is 63.4 Å². The Balaban J connectivity index is 2.71. The zero-order valence-electron chi connectivity index (χ0n) is 8.17. The van der Waals surface area contributed by atoms with E-state index in [9.17, 15) is 8.42 Å². The van der Waals surface area contributed by atoms with Crippen LogP contribution in [0.1, 0.15) is 10.9 Å². The Morgan fingerprint density at radius 1 is 1.57 bits per heavy atom. The molecule has 1 unspecified atom stereocenters. The van der Waals surface area contributed by atoms with Crippen LogP contribution in [0.3, 0.4) is 0 Å². The SMILES string of the molecule is CN(C)S(=O)(=O)CC(N)c1cccs1. The minimum absolute atomic E-state index is 0.0412. The van der Waals surface area contributed by atoms with Crippen molar-refractivity contribution in [1.29, 1.82) is 0 Å². The number of nitrogens with two attached hydrogens (primary N) is 1. The van der Waals surface area contributed by atoms with Crippen LogP contribution in [0.5, 0.6) is 0 Å². The Kier molecular flexibility index (Phi) is 3.65. The third-order valence-corrected chi connectivity index (χ3v) is 4.75. The molecule has 0 spiro atoms. The first-order chi connectivity index (χ1) is 6.43. The van der Waals surface area contributed by atoms with Crippen molar-refractivity contribution in [3.05, 3.63) is 22.4 Å². The van der Waals surface area contributed by atoms with Gasteiger partial charge in [0.1, 0.15) is 0 Å². The summed E-state index contributed by atoms with van der Waals surface area (Å²) >= 11 is 1.48. The van der Waals surface area contributed by atoms with E-state index in [-0.39, 0.29) is 5.75 Å². The van der Waals surface area contributed by atoms with Gasteiger partial charge >= 0.3 is 0 Å². The van der Waals surface area contributed by atoms with Gasteiger partial charge in [0.15, 0.2) is 0 Å². The van der Waals surface area contributed by atoms with Gasteiger partial charge in [-0.3, -0.25) is 0 Å². The lowest BCUT2D eigenvalue weighted by atomic mass is 10.3. The lowest BCUT2D eigenvalue weighted by molar-refractivity contribution is 0.515. The van der Waals surface area contributed by atoms with Gasteiger partial charge in [-0.15, -0.1) is 11.3 Å². The fourth-order valence-corrected chi connectivity index (χ4v) is 2.73. The van der Waals surface area contributed by atoms with Crippen molar-refractivity contribution in [1.82, 2.24) is 4.31 Å². The maximum Gasteiger partial charge on any atom is 0.215 e. The first-order valence-corrected chi connectivity index (χ1v) is 6.61. The molecule has 0 fully saturated rings. The van der Waals surface area contributed by atoms with Crippen molar-refractivity contribution >= 4 is 21.4 Å². The summed E-state index contributed by atoms with van der Waals surface area (Å²) in [5.74, 6) is -0.0412. The minimum atomic E-state index is -3.21. The van der Waals surface area contributed by atoms with E-state index in [1.165, 1.54) is 29.7 Å². The zero-order chi connectivity index (χ0) is 10.8. The Morgan fingerprint density at radius 3 is 2.64 bits per heavy atom. The fourth-order valence-electron chi connectivity index (χ4n) is 0.960. The highest BCUT2D eigenvalue weighted by Gasteiger charge is 2.19. The summed E-state index contributed by atoms with van der Waals surface area (Å²) in [6, 6.07) is 3.28. The van der Waals surface area contributed by atoms with Gasteiger partial charge in [-0.25, -0.2) is 12.7 Å². The Labute approximate surface area is 88.4 Å². The van der Waals surface area contributed by atoms with Crippen LogP contribution in [0.2, 0.25) is 0 Å². The molecule has 1 aromatic rings. The molecular weight excluding hydrogens is 220 g/mol. The summed E-state index contributed by atoms with van der Waals surface area (Å²) in [7, 11) is -0.188. The smallest absolute Gasteiger partial charge is 0.215 e. The quantitative estimate of drug-likeness (QED) is 0.831. The van der Waals surface area contributed by atoms with Crippen molar-refractivity contribution in [2.45, 2.75) is 6.04 Å². The highest BCUT2D eigenvalue weighted by Crippen LogP contribution is 2.18. The summed E-state index contributed by atoms with van der Waals surface area (Å²) in [6.07, 6.45) is 0. The maximum atomic E-state index is 11.5. The van der Waals surface area contributed by atoms with Crippen molar-refractivity contribution in [3.63, 3.8) is 0 Å². The van der Waals surface area contributed by atoms with Gasteiger partial charge in [0, 0.05) is 19.0 Å². The number of nitrogens with zero attached hydrogens (tertiary/aromatic N) is 1. The van der Waals surface area contributed by atoms with Crippen molar-refractivity contribution < 1.29 is 8.42 Å². The van der Waals surface area contributed by atoms with E-state index in [2.05, 4.69) is 0 Å². The lowest BCUT2D eigenvalue weighted by Gasteiger charge is -2.14. The highest BCUT2D eigenvalue weighted by atomic mass is 32.2. The molecule has 0 amide bonds. The van der Waals surface area contributed by atoms with Crippen molar-refractivity contribution in [3.8, 4) is 0 Å². The summed E-state index contributed by atoms with van der Waals surface area (Å²) in [5, 5.41) is 1.89. The molecule has 0 saturated heterocycles. The number of thiophene rings is 1. The van der Waals surface area contributed by atoms with E-state index in [0.717, 1.165) is 4.88 Å². The largest absolute Gasteiger partial charge is 0.322 e. The molecule has 1 heterocycles. The van der Waals surface area contributed by atoms with Gasteiger partial charge in [-0.1, -0.05) is 6.07 Å². The van der Waals surface area contributed by atoms with Gasteiger partial charge in [0.25, 0.3) is 0 Å². The van der Waals surface area contributed by atoms with Crippen LogP contribution >= 0.6 is 11.3 Å². The Bertz CT molecular complexity index is 370. The van der Waals surface area contributed by atoms with Crippen LogP contribution in [0.25, 0.3) is 0 Å². The fraction of sp³-hybridized carbons (Fsp3) is 0.500. The Hall–Kier alpha value is -0.430. The summed E-state index contributed by atoms with van der Waals surface area (Å²) in [5.41, 5.74) is 5.77. The van der Waals surface area contributed by atoms with Gasteiger partial charge in [0.05, 0.1) is 11.8 Å². The normalized spacial score (nSPS) is 14.6. The molecule has 1 rings (SSSR count). The maximum absolute atomic E-state index is 11.5. The molecule has 14 heavy (non-hydrogen) atoms. The van der Waals surface area contributed by atoms with Crippen LogP contribution in [-0.2, 0) is 10.0 Å². The predicted octanol–water partition coefficient (Wildman–Crippen LogP) is 0.639. The first kappa shape index (κ1) is 11.6. The second-order valence-corrected chi connectivity index (χ2v) is 6.39. The average Bonchev–Trinajstić information content (AvgIpc) is 2.54. The number of sulfonamides is 1. The molecule has 0 aliphatic rings. The zero-order valence-corrected chi connectivity index (χ0v) is 9.81. The van der Waals surface area contributed by atoms with Crippen LogP contribution in [0.4, 0.5) is 0 Å².